The zero-order valence-corrected chi connectivity index (χ0v) is 9.00. The summed E-state index contributed by atoms with van der Waals surface area (Å²) < 4.78 is 16.2. The Kier molecular flexibility index (Phi) is 5.01. The van der Waals surface area contributed by atoms with Gasteiger partial charge in [-0.25, -0.2) is 0 Å². The molecule has 1 aliphatic rings. The first-order chi connectivity index (χ1) is 5.33. The molecule has 0 aromatic rings. The Morgan fingerprint density at radius 1 is 1.36 bits per heavy atom. The van der Waals surface area contributed by atoms with Crippen LogP contribution in [0.15, 0.2) is 0 Å². The second-order valence-electron chi connectivity index (χ2n) is 2.72. The van der Waals surface area contributed by atoms with Crippen LogP contribution in [0.25, 0.3) is 0 Å². The van der Waals surface area contributed by atoms with Gasteiger partial charge in [-0.2, -0.15) is 0 Å². The van der Waals surface area contributed by atoms with Crippen LogP contribution in [0.3, 0.4) is 0 Å². The summed E-state index contributed by atoms with van der Waals surface area (Å²) in [6.45, 7) is 0. The lowest BCUT2D eigenvalue weighted by Crippen LogP contribution is -2.12. The summed E-state index contributed by atoms with van der Waals surface area (Å²) in [4.78, 5) is 0. The highest BCUT2D eigenvalue weighted by molar-refractivity contribution is 8.91. The van der Waals surface area contributed by atoms with E-state index in [-0.39, 0.29) is 6.10 Å². The predicted molar refractivity (Wildman–Crippen MR) is 53.5 cm³/mol. The van der Waals surface area contributed by atoms with Gasteiger partial charge in [-0.1, -0.05) is 19.3 Å². The number of hydrogen-bond donors (Lipinski definition) is 1. The van der Waals surface area contributed by atoms with E-state index in [9.17, 15) is 4.57 Å². The monoisotopic (exact) mass is 212 g/mol. The van der Waals surface area contributed by atoms with Crippen molar-refractivity contribution < 1.29 is 9.09 Å². The van der Waals surface area contributed by atoms with E-state index in [1.165, 1.54) is 19.3 Å². The SMILES string of the molecule is O=[PH](OC1CCCCC1)SS. The molecule has 0 bridgehead atoms. The molecule has 1 rings (SSSR count). The van der Waals surface area contributed by atoms with Crippen LogP contribution in [0, 0.1) is 0 Å². The maximum absolute atomic E-state index is 10.9. The first-order valence-electron chi connectivity index (χ1n) is 3.85. The third kappa shape index (κ3) is 3.88. The molecule has 0 spiro atoms. The molecule has 0 aromatic carbocycles. The molecule has 0 N–H and O–H groups in total. The van der Waals surface area contributed by atoms with E-state index in [2.05, 4.69) is 11.7 Å². The molecule has 11 heavy (non-hydrogen) atoms. The van der Waals surface area contributed by atoms with E-state index in [0.29, 0.717) is 0 Å². The lowest BCUT2D eigenvalue weighted by atomic mass is 9.98. The summed E-state index contributed by atoms with van der Waals surface area (Å²) in [6.07, 6.45) is 6.13. The zero-order valence-electron chi connectivity index (χ0n) is 6.28. The van der Waals surface area contributed by atoms with Gasteiger partial charge in [0.25, 0.3) is 7.23 Å². The van der Waals surface area contributed by atoms with Gasteiger partial charge in [-0.3, -0.25) is 4.57 Å². The first kappa shape index (κ1) is 9.97. The molecule has 66 valence electrons. The molecule has 1 unspecified atom stereocenters. The van der Waals surface area contributed by atoms with Crippen molar-refractivity contribution in [1.29, 1.82) is 0 Å². The van der Waals surface area contributed by atoms with Crippen LogP contribution in [0.2, 0.25) is 0 Å². The second kappa shape index (κ2) is 5.52. The molecule has 1 atom stereocenters. The van der Waals surface area contributed by atoms with E-state index in [1.807, 2.05) is 0 Å². The van der Waals surface area contributed by atoms with Crippen LogP contribution in [-0.4, -0.2) is 6.10 Å². The Morgan fingerprint density at radius 3 is 2.55 bits per heavy atom. The van der Waals surface area contributed by atoms with Crippen molar-refractivity contribution in [1.82, 2.24) is 0 Å². The molecular formula is C6H13O2PS2. The van der Waals surface area contributed by atoms with Crippen molar-refractivity contribution in [2.75, 3.05) is 0 Å². The quantitative estimate of drug-likeness (QED) is 0.441. The van der Waals surface area contributed by atoms with Crippen LogP contribution < -0.4 is 0 Å². The number of hydrogen-bond acceptors (Lipinski definition) is 4. The standard InChI is InChI=1S/C6H13O2PS2/c7-9(11-10)8-6-4-2-1-3-5-6/h6,9-10H,1-5H2. The van der Waals surface area contributed by atoms with E-state index >= 15 is 0 Å². The minimum atomic E-state index is -1.90. The predicted octanol–water partition coefficient (Wildman–Crippen LogP) is 3.30. The van der Waals surface area contributed by atoms with Crippen LogP contribution in [0.1, 0.15) is 32.1 Å². The topological polar surface area (TPSA) is 26.3 Å². The molecule has 0 amide bonds. The van der Waals surface area contributed by atoms with Gasteiger partial charge in [-0.05, 0) is 23.3 Å². The van der Waals surface area contributed by atoms with Gasteiger partial charge in [-0.15, -0.1) is 11.7 Å². The van der Waals surface area contributed by atoms with Crippen LogP contribution >= 0.6 is 29.3 Å². The second-order valence-corrected chi connectivity index (χ2v) is 6.83. The van der Waals surface area contributed by atoms with Gasteiger partial charge in [0.15, 0.2) is 0 Å². The van der Waals surface area contributed by atoms with Crippen LogP contribution in [0.5, 0.6) is 0 Å². The van der Waals surface area contributed by atoms with Crippen molar-refractivity contribution in [3.05, 3.63) is 0 Å². The smallest absolute Gasteiger partial charge is 0.256 e. The molecule has 0 aromatic heterocycles. The maximum Gasteiger partial charge on any atom is 0.256 e. The molecule has 1 aliphatic carbocycles. The molecule has 0 saturated heterocycles. The van der Waals surface area contributed by atoms with Gasteiger partial charge in [0.1, 0.15) is 0 Å². The van der Waals surface area contributed by atoms with E-state index in [0.717, 1.165) is 23.3 Å². The largest absolute Gasteiger partial charge is 0.319 e. The summed E-state index contributed by atoms with van der Waals surface area (Å²) in [5.41, 5.74) is 0. The molecule has 0 radical (unpaired) electrons. The molecule has 1 fully saturated rings. The summed E-state index contributed by atoms with van der Waals surface area (Å²) in [6, 6.07) is 0. The van der Waals surface area contributed by atoms with Gasteiger partial charge < -0.3 is 4.52 Å². The highest BCUT2D eigenvalue weighted by atomic mass is 33.3. The van der Waals surface area contributed by atoms with Gasteiger partial charge in [0, 0.05) is 0 Å². The molecule has 0 heterocycles. The van der Waals surface area contributed by atoms with Gasteiger partial charge in [0.2, 0.25) is 0 Å². The average Bonchev–Trinajstić information content (AvgIpc) is 2.06. The summed E-state index contributed by atoms with van der Waals surface area (Å²) >= 11 is 3.84. The fraction of sp³-hybridized carbons (Fsp3) is 1.00. The van der Waals surface area contributed by atoms with Crippen molar-refractivity contribution in [2.45, 2.75) is 38.2 Å². The lowest BCUT2D eigenvalue weighted by Gasteiger charge is -2.20. The third-order valence-corrected chi connectivity index (χ3v) is 4.64. The van der Waals surface area contributed by atoms with Crippen LogP contribution in [-0.2, 0) is 9.09 Å². The molecule has 0 aliphatic heterocycles. The molecule has 5 heteroatoms. The van der Waals surface area contributed by atoms with E-state index in [1.54, 1.807) is 0 Å². The minimum Gasteiger partial charge on any atom is -0.319 e. The lowest BCUT2D eigenvalue weighted by molar-refractivity contribution is 0.171. The number of rotatable bonds is 3. The molecule has 2 nitrogen and oxygen atoms in total. The fourth-order valence-electron chi connectivity index (χ4n) is 1.34. The summed E-state index contributed by atoms with van der Waals surface area (Å²) in [7, 11) is -0.860. The third-order valence-electron chi connectivity index (χ3n) is 1.89. The molecular weight excluding hydrogens is 199 g/mol. The van der Waals surface area contributed by atoms with Gasteiger partial charge in [0.05, 0.1) is 6.10 Å². The summed E-state index contributed by atoms with van der Waals surface area (Å²) in [5.74, 6) is 0. The Hall–Kier alpha value is 0.890. The van der Waals surface area contributed by atoms with Crippen molar-refractivity contribution >= 4 is 29.3 Å². The molecule has 1 saturated carbocycles. The van der Waals surface area contributed by atoms with Crippen molar-refractivity contribution in [3.8, 4) is 0 Å². The Morgan fingerprint density at radius 2 is 2.00 bits per heavy atom. The van der Waals surface area contributed by atoms with Crippen LogP contribution in [0.4, 0.5) is 0 Å². The maximum atomic E-state index is 10.9. The van der Waals surface area contributed by atoms with E-state index < -0.39 is 7.23 Å². The Balaban J connectivity index is 2.19. The zero-order chi connectivity index (χ0) is 8.10. The van der Waals surface area contributed by atoms with E-state index in [4.69, 9.17) is 4.52 Å². The minimum absolute atomic E-state index is 0.245. The Bertz CT molecular complexity index is 137. The van der Waals surface area contributed by atoms with Crippen molar-refractivity contribution in [3.63, 3.8) is 0 Å². The van der Waals surface area contributed by atoms with Gasteiger partial charge >= 0.3 is 0 Å². The van der Waals surface area contributed by atoms with Crippen molar-refractivity contribution in [2.24, 2.45) is 0 Å². The summed E-state index contributed by atoms with van der Waals surface area (Å²) in [5, 5.41) is 0. The highest BCUT2D eigenvalue weighted by Gasteiger charge is 2.15. The Labute approximate surface area is 76.9 Å². The first-order valence-corrected chi connectivity index (χ1v) is 7.76. The highest BCUT2D eigenvalue weighted by Crippen LogP contribution is 2.44. The average molecular weight is 212 g/mol. The fourth-order valence-corrected chi connectivity index (χ4v) is 2.82. The number of thiol groups is 1. The normalized spacial score (nSPS) is 23.4.